The fourth-order valence-electron chi connectivity index (χ4n) is 5.55. The average Bonchev–Trinajstić information content (AvgIpc) is 3.32. The van der Waals surface area contributed by atoms with E-state index in [4.69, 9.17) is 23.2 Å². The summed E-state index contributed by atoms with van der Waals surface area (Å²) in [5.74, 6) is -3.47. The average molecular weight is 507 g/mol. The maximum atomic E-state index is 13.9. The van der Waals surface area contributed by atoms with Crippen molar-refractivity contribution in [1.29, 1.82) is 0 Å². The fourth-order valence-corrected chi connectivity index (χ4v) is 6.05. The minimum absolute atomic E-state index is 0.177. The number of carbonyl (C=O) groups excluding carboxylic acids is 3. The van der Waals surface area contributed by atoms with E-state index in [1.165, 1.54) is 36.4 Å². The van der Waals surface area contributed by atoms with Crippen LogP contribution in [0.5, 0.6) is 0 Å². The number of benzene rings is 3. The molecule has 3 aliphatic rings. The van der Waals surface area contributed by atoms with Crippen molar-refractivity contribution in [2.24, 2.45) is 11.8 Å². The number of hydrogen-bond donors (Lipinski definition) is 0. The molecule has 3 heterocycles. The monoisotopic (exact) mass is 506 g/mol. The molecule has 3 aromatic rings. The Morgan fingerprint density at radius 2 is 1.60 bits per heavy atom. The van der Waals surface area contributed by atoms with Crippen molar-refractivity contribution in [1.82, 2.24) is 4.90 Å². The van der Waals surface area contributed by atoms with Crippen LogP contribution in [0.25, 0.3) is 6.08 Å². The Hall–Kier alpha value is -3.48. The molecule has 0 unspecified atom stereocenters. The molecule has 6 rings (SSSR count). The number of amides is 2. The van der Waals surface area contributed by atoms with Gasteiger partial charge in [0.05, 0.1) is 28.6 Å². The van der Waals surface area contributed by atoms with Crippen LogP contribution in [0.15, 0.2) is 72.9 Å². The van der Waals surface area contributed by atoms with Gasteiger partial charge in [0, 0.05) is 16.8 Å². The van der Waals surface area contributed by atoms with Gasteiger partial charge >= 0.3 is 0 Å². The first-order valence-electron chi connectivity index (χ1n) is 11.0. The maximum absolute atomic E-state index is 13.9. The van der Waals surface area contributed by atoms with Crippen molar-refractivity contribution in [2.75, 3.05) is 4.90 Å². The molecule has 0 N–H and O–H groups in total. The molecular formula is C27H17Cl2FN2O3. The number of carbonyl (C=O) groups is 3. The van der Waals surface area contributed by atoms with E-state index in [-0.39, 0.29) is 22.1 Å². The zero-order valence-electron chi connectivity index (χ0n) is 18.1. The molecule has 2 amide bonds. The Kier molecular flexibility index (Phi) is 5.06. The van der Waals surface area contributed by atoms with Crippen molar-refractivity contribution in [3.63, 3.8) is 0 Å². The van der Waals surface area contributed by atoms with Crippen molar-refractivity contribution >= 4 is 52.6 Å². The van der Waals surface area contributed by atoms with Gasteiger partial charge in [-0.2, -0.15) is 0 Å². The second-order valence-electron chi connectivity index (χ2n) is 8.81. The van der Waals surface area contributed by atoms with Crippen LogP contribution in [-0.2, 0) is 9.59 Å². The van der Waals surface area contributed by atoms with Crippen LogP contribution in [0.2, 0.25) is 10.0 Å². The molecule has 0 spiro atoms. The molecule has 5 nitrogen and oxygen atoms in total. The molecule has 4 atom stereocenters. The highest BCUT2D eigenvalue weighted by Gasteiger charge is 2.64. The van der Waals surface area contributed by atoms with Crippen molar-refractivity contribution in [3.8, 4) is 0 Å². The third-order valence-corrected chi connectivity index (χ3v) is 7.56. The van der Waals surface area contributed by atoms with E-state index < -0.39 is 41.6 Å². The van der Waals surface area contributed by atoms with Gasteiger partial charge in [-0.3, -0.25) is 14.4 Å². The number of anilines is 1. The summed E-state index contributed by atoms with van der Waals surface area (Å²) in [6.07, 6.45) is 3.66. The Balaban J connectivity index is 1.50. The van der Waals surface area contributed by atoms with E-state index in [1.807, 2.05) is 35.2 Å². The quantitative estimate of drug-likeness (QED) is 0.346. The largest absolute Gasteiger partial charge is 0.358 e. The van der Waals surface area contributed by atoms with Gasteiger partial charge in [0.2, 0.25) is 11.8 Å². The van der Waals surface area contributed by atoms with Crippen LogP contribution in [0.1, 0.15) is 27.5 Å². The SMILES string of the molecule is O=C(c1ccc(Cl)cc1Cl)[C@@H]1[C@@H]2C(=O)N(c3ccc(F)cc3)C(=O)[C@H]2[C@@H]2c3ccccc3C=CN12. The summed E-state index contributed by atoms with van der Waals surface area (Å²) in [6.45, 7) is 0. The van der Waals surface area contributed by atoms with E-state index in [0.717, 1.165) is 16.0 Å². The van der Waals surface area contributed by atoms with Crippen molar-refractivity contribution < 1.29 is 18.8 Å². The molecule has 8 heteroatoms. The molecule has 0 bridgehead atoms. The lowest BCUT2D eigenvalue weighted by Crippen LogP contribution is -2.44. The summed E-state index contributed by atoms with van der Waals surface area (Å²) in [5.41, 5.74) is 2.29. The lowest BCUT2D eigenvalue weighted by molar-refractivity contribution is -0.123. The van der Waals surface area contributed by atoms with E-state index >= 15 is 0 Å². The number of nitrogens with zero attached hydrogens (tertiary/aromatic N) is 2. The molecule has 174 valence electrons. The molecule has 3 aromatic carbocycles. The normalized spacial score (nSPS) is 24.4. The van der Waals surface area contributed by atoms with Gasteiger partial charge in [-0.15, -0.1) is 0 Å². The topological polar surface area (TPSA) is 57.7 Å². The van der Waals surface area contributed by atoms with Crippen LogP contribution in [0.4, 0.5) is 10.1 Å². The minimum atomic E-state index is -0.949. The molecule has 3 aliphatic heterocycles. The number of halogens is 3. The highest BCUT2D eigenvalue weighted by molar-refractivity contribution is 6.37. The summed E-state index contributed by atoms with van der Waals surface area (Å²) in [4.78, 5) is 44.3. The highest BCUT2D eigenvalue weighted by Crippen LogP contribution is 2.53. The van der Waals surface area contributed by atoms with Gasteiger partial charge in [-0.05, 0) is 59.7 Å². The Morgan fingerprint density at radius 1 is 0.886 bits per heavy atom. The third-order valence-electron chi connectivity index (χ3n) is 7.01. The van der Waals surface area contributed by atoms with Crippen molar-refractivity contribution in [2.45, 2.75) is 12.1 Å². The molecule has 2 saturated heterocycles. The van der Waals surface area contributed by atoms with Crippen LogP contribution in [0, 0.1) is 17.7 Å². The summed E-state index contributed by atoms with van der Waals surface area (Å²) < 4.78 is 13.5. The predicted molar refractivity (Wildman–Crippen MR) is 131 cm³/mol. The molecule has 0 radical (unpaired) electrons. The van der Waals surface area contributed by atoms with Crippen LogP contribution in [0.3, 0.4) is 0 Å². The van der Waals surface area contributed by atoms with Gasteiger partial charge in [-0.1, -0.05) is 47.5 Å². The first-order chi connectivity index (χ1) is 16.9. The molecule has 35 heavy (non-hydrogen) atoms. The lowest BCUT2D eigenvalue weighted by Gasteiger charge is -2.35. The van der Waals surface area contributed by atoms with Gasteiger partial charge in [0.25, 0.3) is 0 Å². The van der Waals surface area contributed by atoms with E-state index in [1.54, 1.807) is 12.3 Å². The van der Waals surface area contributed by atoms with E-state index in [0.29, 0.717) is 5.02 Å². The Labute approximate surface area is 210 Å². The van der Waals surface area contributed by atoms with E-state index in [2.05, 4.69) is 0 Å². The number of ketones is 1. The summed E-state index contributed by atoms with van der Waals surface area (Å²) in [5, 5.41) is 0.561. The number of rotatable bonds is 3. The van der Waals surface area contributed by atoms with Gasteiger partial charge in [0.15, 0.2) is 5.78 Å². The Bertz CT molecular complexity index is 1440. The summed E-state index contributed by atoms with van der Waals surface area (Å²) >= 11 is 12.4. The van der Waals surface area contributed by atoms with Crippen LogP contribution < -0.4 is 4.90 Å². The van der Waals surface area contributed by atoms with Crippen LogP contribution >= 0.6 is 23.2 Å². The molecule has 0 aromatic heterocycles. The molecular weight excluding hydrogens is 490 g/mol. The zero-order valence-corrected chi connectivity index (χ0v) is 19.6. The smallest absolute Gasteiger partial charge is 0.240 e. The lowest BCUT2D eigenvalue weighted by atomic mass is 9.83. The molecule has 0 aliphatic carbocycles. The van der Waals surface area contributed by atoms with Crippen LogP contribution in [-0.4, -0.2) is 28.5 Å². The van der Waals surface area contributed by atoms with Gasteiger partial charge < -0.3 is 4.90 Å². The number of Topliss-reactive ketones (excluding diaryl/α,β-unsaturated/α-hetero) is 1. The highest BCUT2D eigenvalue weighted by atomic mass is 35.5. The maximum Gasteiger partial charge on any atom is 0.240 e. The Morgan fingerprint density at radius 3 is 2.34 bits per heavy atom. The van der Waals surface area contributed by atoms with Crippen molar-refractivity contribution in [3.05, 3.63) is 105 Å². The number of hydrogen-bond acceptors (Lipinski definition) is 4. The van der Waals surface area contributed by atoms with E-state index in [9.17, 15) is 18.8 Å². The summed E-state index contributed by atoms with van der Waals surface area (Å²) in [6, 6.07) is 15.9. The standard InChI is InChI=1S/C27H17Cl2FN2O3/c28-15-5-10-19(20(29)13-15)25(33)24-22-21(23-18-4-2-1-3-14(18)11-12-31(23)24)26(34)32(27(22)35)17-8-6-16(30)7-9-17/h1-13,21-24H/t21-,22-,23+,24+/m1/s1. The second kappa shape index (κ2) is 8.04. The molecule has 0 saturated carbocycles. The predicted octanol–water partition coefficient (Wildman–Crippen LogP) is 5.53. The number of fused-ring (bicyclic) bond motifs is 5. The second-order valence-corrected chi connectivity index (χ2v) is 9.65. The van der Waals surface area contributed by atoms with Gasteiger partial charge in [0.1, 0.15) is 11.9 Å². The molecule has 2 fully saturated rings. The minimum Gasteiger partial charge on any atom is -0.358 e. The summed E-state index contributed by atoms with van der Waals surface area (Å²) in [7, 11) is 0. The number of imide groups is 1. The third kappa shape index (κ3) is 3.24. The fraction of sp³-hybridized carbons (Fsp3) is 0.148. The zero-order chi connectivity index (χ0) is 24.4. The first kappa shape index (κ1) is 22.0. The first-order valence-corrected chi connectivity index (χ1v) is 11.8. The van der Waals surface area contributed by atoms with Gasteiger partial charge in [-0.25, -0.2) is 9.29 Å².